The van der Waals surface area contributed by atoms with Crippen LogP contribution in [0.3, 0.4) is 0 Å². The number of hydrogen-bond donors (Lipinski definition) is 1. The summed E-state index contributed by atoms with van der Waals surface area (Å²) in [5.41, 5.74) is -0.445. The predicted octanol–water partition coefficient (Wildman–Crippen LogP) is 3.41. The summed E-state index contributed by atoms with van der Waals surface area (Å²) in [4.78, 5) is 0. The van der Waals surface area contributed by atoms with Gasteiger partial charge in [0.1, 0.15) is 5.54 Å². The SMILES string of the molecule is CC(C#N)(CCCCOc1ccccc1F)NC1CC1. The number of para-hydroxylation sites is 1. The fourth-order valence-electron chi connectivity index (χ4n) is 2.16. The maximum Gasteiger partial charge on any atom is 0.165 e. The molecule has 1 aliphatic carbocycles. The Balaban J connectivity index is 1.66. The number of rotatable bonds is 8. The molecule has 4 heteroatoms. The van der Waals surface area contributed by atoms with Gasteiger partial charge in [0.2, 0.25) is 0 Å². The van der Waals surface area contributed by atoms with Gasteiger partial charge in [-0.15, -0.1) is 0 Å². The maximum atomic E-state index is 13.3. The van der Waals surface area contributed by atoms with Crippen molar-refractivity contribution >= 4 is 0 Å². The highest BCUT2D eigenvalue weighted by Crippen LogP contribution is 2.25. The minimum absolute atomic E-state index is 0.298. The molecular formula is C16H21FN2O. The molecule has 1 unspecified atom stereocenters. The number of nitrogens with zero attached hydrogens (tertiary/aromatic N) is 1. The van der Waals surface area contributed by atoms with Crippen LogP contribution in [-0.4, -0.2) is 18.2 Å². The van der Waals surface area contributed by atoms with Crippen molar-refractivity contribution in [2.24, 2.45) is 0 Å². The second-order valence-electron chi connectivity index (χ2n) is 5.60. The van der Waals surface area contributed by atoms with Crippen LogP contribution < -0.4 is 10.1 Å². The molecule has 1 aliphatic rings. The van der Waals surface area contributed by atoms with Crippen molar-refractivity contribution in [1.82, 2.24) is 5.32 Å². The Labute approximate surface area is 119 Å². The molecule has 0 heterocycles. The normalized spacial score (nSPS) is 17.2. The molecule has 1 atom stereocenters. The maximum absolute atomic E-state index is 13.3. The summed E-state index contributed by atoms with van der Waals surface area (Å²) in [6, 6.07) is 9.29. The van der Waals surface area contributed by atoms with Gasteiger partial charge in [-0.3, -0.25) is 5.32 Å². The van der Waals surface area contributed by atoms with E-state index in [0.29, 0.717) is 18.4 Å². The highest BCUT2D eigenvalue weighted by atomic mass is 19.1. The van der Waals surface area contributed by atoms with Crippen molar-refractivity contribution < 1.29 is 9.13 Å². The predicted molar refractivity (Wildman–Crippen MR) is 75.9 cm³/mol. The molecule has 0 aliphatic heterocycles. The summed E-state index contributed by atoms with van der Waals surface area (Å²) in [6.07, 6.45) is 4.85. The lowest BCUT2D eigenvalue weighted by molar-refractivity contribution is 0.282. The van der Waals surface area contributed by atoms with Gasteiger partial charge in [-0.05, 0) is 51.2 Å². The van der Waals surface area contributed by atoms with E-state index in [2.05, 4.69) is 11.4 Å². The highest BCUT2D eigenvalue weighted by Gasteiger charge is 2.31. The van der Waals surface area contributed by atoms with Crippen molar-refractivity contribution in [3.8, 4) is 11.8 Å². The number of unbranched alkanes of at least 4 members (excludes halogenated alkanes) is 1. The van der Waals surface area contributed by atoms with Crippen molar-refractivity contribution in [3.63, 3.8) is 0 Å². The Morgan fingerprint density at radius 2 is 2.15 bits per heavy atom. The van der Waals surface area contributed by atoms with Gasteiger partial charge in [0.25, 0.3) is 0 Å². The van der Waals surface area contributed by atoms with E-state index in [4.69, 9.17) is 4.74 Å². The van der Waals surface area contributed by atoms with Crippen LogP contribution in [0.25, 0.3) is 0 Å². The van der Waals surface area contributed by atoms with Crippen LogP contribution in [0.4, 0.5) is 4.39 Å². The molecule has 2 rings (SSSR count). The number of benzene rings is 1. The molecular weight excluding hydrogens is 255 g/mol. The summed E-state index contributed by atoms with van der Waals surface area (Å²) >= 11 is 0. The molecule has 0 amide bonds. The molecule has 0 bridgehead atoms. The van der Waals surface area contributed by atoms with Gasteiger partial charge < -0.3 is 4.74 Å². The van der Waals surface area contributed by atoms with Gasteiger partial charge in [0, 0.05) is 6.04 Å². The van der Waals surface area contributed by atoms with Gasteiger partial charge in [0.05, 0.1) is 12.7 Å². The van der Waals surface area contributed by atoms with Crippen LogP contribution in [0.2, 0.25) is 0 Å². The number of nitrogens with one attached hydrogen (secondary N) is 1. The zero-order valence-corrected chi connectivity index (χ0v) is 11.9. The second-order valence-corrected chi connectivity index (χ2v) is 5.60. The largest absolute Gasteiger partial charge is 0.491 e. The third-order valence-corrected chi connectivity index (χ3v) is 3.51. The van der Waals surface area contributed by atoms with Crippen molar-refractivity contribution in [1.29, 1.82) is 5.26 Å². The number of hydrogen-bond acceptors (Lipinski definition) is 3. The second kappa shape index (κ2) is 6.71. The van der Waals surface area contributed by atoms with E-state index in [1.807, 2.05) is 6.92 Å². The smallest absolute Gasteiger partial charge is 0.165 e. The molecule has 0 saturated heterocycles. The van der Waals surface area contributed by atoms with Crippen LogP contribution in [0.15, 0.2) is 24.3 Å². The highest BCUT2D eigenvalue weighted by molar-refractivity contribution is 5.23. The third-order valence-electron chi connectivity index (χ3n) is 3.51. The lowest BCUT2D eigenvalue weighted by Gasteiger charge is -2.23. The van der Waals surface area contributed by atoms with Crippen LogP contribution in [0.1, 0.15) is 39.0 Å². The molecule has 0 aromatic heterocycles. The van der Waals surface area contributed by atoms with E-state index < -0.39 is 5.54 Å². The lowest BCUT2D eigenvalue weighted by Crippen LogP contribution is -2.42. The van der Waals surface area contributed by atoms with Crippen molar-refractivity contribution in [2.45, 2.75) is 50.6 Å². The monoisotopic (exact) mass is 276 g/mol. The molecule has 20 heavy (non-hydrogen) atoms. The van der Waals surface area contributed by atoms with Crippen LogP contribution in [0, 0.1) is 17.1 Å². The van der Waals surface area contributed by atoms with Gasteiger partial charge in [-0.2, -0.15) is 5.26 Å². The van der Waals surface area contributed by atoms with E-state index in [9.17, 15) is 9.65 Å². The minimum Gasteiger partial charge on any atom is -0.491 e. The Bertz CT molecular complexity index is 482. The summed E-state index contributed by atoms with van der Waals surface area (Å²) < 4.78 is 18.7. The third kappa shape index (κ3) is 4.50. The van der Waals surface area contributed by atoms with Gasteiger partial charge in [-0.1, -0.05) is 12.1 Å². The van der Waals surface area contributed by atoms with Crippen LogP contribution in [0.5, 0.6) is 5.75 Å². The molecule has 1 fully saturated rings. The molecule has 0 radical (unpaired) electrons. The van der Waals surface area contributed by atoms with E-state index >= 15 is 0 Å². The van der Waals surface area contributed by atoms with E-state index in [1.165, 1.54) is 18.9 Å². The number of ether oxygens (including phenoxy) is 1. The average molecular weight is 276 g/mol. The molecule has 1 aromatic carbocycles. The molecule has 1 aromatic rings. The standard InChI is InChI=1S/C16H21FN2O/c1-16(12-18,19-13-8-9-13)10-4-5-11-20-15-7-3-2-6-14(15)17/h2-3,6-7,13,19H,4-5,8-11H2,1H3. The molecule has 108 valence electrons. The number of nitriles is 1. The lowest BCUT2D eigenvalue weighted by atomic mass is 9.96. The first kappa shape index (κ1) is 14.8. The Morgan fingerprint density at radius 3 is 2.80 bits per heavy atom. The van der Waals surface area contributed by atoms with Gasteiger partial charge in [0.15, 0.2) is 11.6 Å². The van der Waals surface area contributed by atoms with E-state index in [0.717, 1.165) is 19.3 Å². The topological polar surface area (TPSA) is 45.0 Å². The summed E-state index contributed by atoms with van der Waals surface area (Å²) in [5, 5.41) is 12.6. The first-order chi connectivity index (χ1) is 9.63. The summed E-state index contributed by atoms with van der Waals surface area (Å²) in [7, 11) is 0. The number of halogens is 1. The Kier molecular flexibility index (Phi) is 4.97. The summed E-state index contributed by atoms with van der Waals surface area (Å²) in [5.74, 6) is -0.0311. The molecule has 3 nitrogen and oxygen atoms in total. The average Bonchev–Trinajstić information content (AvgIpc) is 3.24. The van der Waals surface area contributed by atoms with Gasteiger partial charge in [-0.25, -0.2) is 4.39 Å². The first-order valence-electron chi connectivity index (χ1n) is 7.19. The Morgan fingerprint density at radius 1 is 1.40 bits per heavy atom. The minimum atomic E-state index is -0.445. The van der Waals surface area contributed by atoms with E-state index in [-0.39, 0.29) is 5.82 Å². The van der Waals surface area contributed by atoms with Crippen LogP contribution in [-0.2, 0) is 0 Å². The molecule has 1 N–H and O–H groups in total. The Hall–Kier alpha value is -1.60. The fraction of sp³-hybridized carbons (Fsp3) is 0.562. The zero-order chi connectivity index (χ0) is 14.4. The van der Waals surface area contributed by atoms with Crippen LogP contribution >= 0.6 is 0 Å². The zero-order valence-electron chi connectivity index (χ0n) is 11.9. The quantitative estimate of drug-likeness (QED) is 0.740. The van der Waals surface area contributed by atoms with E-state index in [1.54, 1.807) is 18.2 Å². The fourth-order valence-corrected chi connectivity index (χ4v) is 2.16. The molecule has 0 spiro atoms. The summed E-state index contributed by atoms with van der Waals surface area (Å²) in [6.45, 7) is 2.43. The molecule has 1 saturated carbocycles. The van der Waals surface area contributed by atoms with Crippen molar-refractivity contribution in [3.05, 3.63) is 30.1 Å². The van der Waals surface area contributed by atoms with Crippen molar-refractivity contribution in [2.75, 3.05) is 6.61 Å². The first-order valence-corrected chi connectivity index (χ1v) is 7.19. The van der Waals surface area contributed by atoms with Gasteiger partial charge >= 0.3 is 0 Å².